The number of halogens is 1. The highest BCUT2D eigenvalue weighted by atomic mass is 79.9. The molecule has 0 radical (unpaired) electrons. The van der Waals surface area contributed by atoms with Crippen LogP contribution in [-0.4, -0.2) is 5.54 Å². The molecule has 11 heavy (non-hydrogen) atoms. The molecule has 0 aromatic carbocycles. The van der Waals surface area contributed by atoms with Gasteiger partial charge in [-0.1, -0.05) is 32.9 Å². The maximum atomic E-state index is 6.05. The van der Waals surface area contributed by atoms with Gasteiger partial charge in [-0.2, -0.15) is 0 Å². The van der Waals surface area contributed by atoms with Crippen LogP contribution in [0.15, 0.2) is 12.2 Å². The molecule has 0 rings (SSSR count). The molecule has 0 spiro atoms. The summed E-state index contributed by atoms with van der Waals surface area (Å²) in [5.41, 5.74) is 7.13. The maximum Gasteiger partial charge on any atom is 0.0360 e. The molecule has 0 aromatic heterocycles. The standard InChI is InChI=1S/C9H19N.BrH/c1-5-8(4)9(10,6-2)7-3;/h4-7,10H2,1-3H3;1H. The predicted molar refractivity (Wildman–Crippen MR) is 57.3 cm³/mol. The number of rotatable bonds is 4. The molecule has 0 aliphatic carbocycles. The molecule has 0 aliphatic heterocycles. The first kappa shape index (κ1) is 13.7. The highest BCUT2D eigenvalue weighted by Gasteiger charge is 2.21. The minimum Gasteiger partial charge on any atom is -0.322 e. The predicted octanol–water partition coefficient (Wildman–Crippen LogP) is 3.05. The summed E-state index contributed by atoms with van der Waals surface area (Å²) in [7, 11) is 0. The molecule has 0 unspecified atom stereocenters. The Kier molecular flexibility index (Phi) is 7.23. The van der Waals surface area contributed by atoms with Crippen LogP contribution < -0.4 is 5.73 Å². The Morgan fingerprint density at radius 2 is 1.64 bits per heavy atom. The lowest BCUT2D eigenvalue weighted by molar-refractivity contribution is 0.455. The molecule has 68 valence electrons. The summed E-state index contributed by atoms with van der Waals surface area (Å²) in [5.74, 6) is 0. The summed E-state index contributed by atoms with van der Waals surface area (Å²) in [5, 5.41) is 0. The van der Waals surface area contributed by atoms with Gasteiger partial charge in [0.25, 0.3) is 0 Å². The average molecular weight is 222 g/mol. The van der Waals surface area contributed by atoms with E-state index >= 15 is 0 Å². The minimum absolute atomic E-state index is 0. The minimum atomic E-state index is -0.102. The van der Waals surface area contributed by atoms with Crippen LogP contribution in [0.25, 0.3) is 0 Å². The van der Waals surface area contributed by atoms with Crippen molar-refractivity contribution >= 4 is 17.0 Å². The van der Waals surface area contributed by atoms with Crippen LogP contribution in [0.3, 0.4) is 0 Å². The second-order valence-corrected chi connectivity index (χ2v) is 2.82. The zero-order valence-corrected chi connectivity index (χ0v) is 9.53. The van der Waals surface area contributed by atoms with E-state index in [0.29, 0.717) is 0 Å². The quantitative estimate of drug-likeness (QED) is 0.727. The van der Waals surface area contributed by atoms with E-state index in [2.05, 4.69) is 27.4 Å². The number of hydrogen-bond acceptors (Lipinski definition) is 1. The summed E-state index contributed by atoms with van der Waals surface area (Å²) in [4.78, 5) is 0. The first-order chi connectivity index (χ1) is 4.60. The molecule has 0 atom stereocenters. The zero-order chi connectivity index (χ0) is 8.20. The molecule has 0 amide bonds. The van der Waals surface area contributed by atoms with Crippen LogP contribution in [0.2, 0.25) is 0 Å². The molecule has 0 saturated heterocycles. The SMILES string of the molecule is Br.C=C(CC)C(N)(CC)CC. The Hall–Kier alpha value is 0.180. The molecule has 2 heteroatoms. The van der Waals surface area contributed by atoms with E-state index in [1.807, 2.05) is 0 Å². The molecule has 1 nitrogen and oxygen atoms in total. The summed E-state index contributed by atoms with van der Waals surface area (Å²) < 4.78 is 0. The smallest absolute Gasteiger partial charge is 0.0360 e. The van der Waals surface area contributed by atoms with Crippen LogP contribution in [0.4, 0.5) is 0 Å². The number of nitrogens with two attached hydrogens (primary N) is 1. The van der Waals surface area contributed by atoms with Crippen molar-refractivity contribution in [2.24, 2.45) is 5.73 Å². The highest BCUT2D eigenvalue weighted by Crippen LogP contribution is 2.22. The highest BCUT2D eigenvalue weighted by molar-refractivity contribution is 8.93. The van der Waals surface area contributed by atoms with E-state index < -0.39 is 0 Å². The topological polar surface area (TPSA) is 26.0 Å². The van der Waals surface area contributed by atoms with Gasteiger partial charge in [0.15, 0.2) is 0 Å². The van der Waals surface area contributed by atoms with Crippen LogP contribution in [0, 0.1) is 0 Å². The van der Waals surface area contributed by atoms with Crippen LogP contribution in [0.1, 0.15) is 40.0 Å². The van der Waals surface area contributed by atoms with Gasteiger partial charge in [-0.25, -0.2) is 0 Å². The van der Waals surface area contributed by atoms with E-state index in [-0.39, 0.29) is 22.5 Å². The normalized spacial score (nSPS) is 10.5. The first-order valence-electron chi connectivity index (χ1n) is 4.07. The van der Waals surface area contributed by atoms with E-state index in [1.165, 1.54) is 5.57 Å². The molecule has 0 heterocycles. The van der Waals surface area contributed by atoms with Gasteiger partial charge in [0.2, 0.25) is 0 Å². The Balaban J connectivity index is 0. The van der Waals surface area contributed by atoms with Gasteiger partial charge >= 0.3 is 0 Å². The third-order valence-corrected chi connectivity index (χ3v) is 2.39. The Morgan fingerprint density at radius 1 is 1.27 bits per heavy atom. The fourth-order valence-corrected chi connectivity index (χ4v) is 1.10. The summed E-state index contributed by atoms with van der Waals surface area (Å²) in [6, 6.07) is 0. The van der Waals surface area contributed by atoms with Gasteiger partial charge in [-0.3, -0.25) is 0 Å². The van der Waals surface area contributed by atoms with Gasteiger partial charge in [-0.15, -0.1) is 17.0 Å². The van der Waals surface area contributed by atoms with Gasteiger partial charge in [0.1, 0.15) is 0 Å². The Labute approximate surface area is 80.8 Å². The lowest BCUT2D eigenvalue weighted by Crippen LogP contribution is -2.39. The zero-order valence-electron chi connectivity index (χ0n) is 7.81. The van der Waals surface area contributed by atoms with Crippen molar-refractivity contribution in [1.29, 1.82) is 0 Å². The average Bonchev–Trinajstić information content (AvgIpc) is 2.01. The molecule has 0 bridgehead atoms. The third kappa shape index (κ3) is 3.39. The molecule has 0 aliphatic rings. The molecule has 0 saturated carbocycles. The monoisotopic (exact) mass is 221 g/mol. The van der Waals surface area contributed by atoms with Crippen molar-refractivity contribution in [3.05, 3.63) is 12.2 Å². The van der Waals surface area contributed by atoms with Crippen molar-refractivity contribution in [2.75, 3.05) is 0 Å². The van der Waals surface area contributed by atoms with Crippen LogP contribution >= 0.6 is 17.0 Å². The largest absolute Gasteiger partial charge is 0.322 e. The van der Waals surface area contributed by atoms with E-state index in [0.717, 1.165) is 19.3 Å². The molecular formula is C9H20BrN. The lowest BCUT2D eigenvalue weighted by Gasteiger charge is -2.28. The molecule has 2 N–H and O–H groups in total. The van der Waals surface area contributed by atoms with Crippen molar-refractivity contribution in [3.63, 3.8) is 0 Å². The van der Waals surface area contributed by atoms with Crippen molar-refractivity contribution in [1.82, 2.24) is 0 Å². The fourth-order valence-electron chi connectivity index (χ4n) is 1.10. The van der Waals surface area contributed by atoms with Gasteiger partial charge in [0.05, 0.1) is 0 Å². The van der Waals surface area contributed by atoms with Gasteiger partial charge in [-0.05, 0) is 19.3 Å². The fraction of sp³-hybridized carbons (Fsp3) is 0.778. The van der Waals surface area contributed by atoms with E-state index in [1.54, 1.807) is 0 Å². The number of hydrogen-bond donors (Lipinski definition) is 1. The van der Waals surface area contributed by atoms with E-state index in [9.17, 15) is 0 Å². The van der Waals surface area contributed by atoms with E-state index in [4.69, 9.17) is 5.73 Å². The Bertz CT molecular complexity index is 117. The molecular weight excluding hydrogens is 202 g/mol. The lowest BCUT2D eigenvalue weighted by atomic mass is 9.85. The summed E-state index contributed by atoms with van der Waals surface area (Å²) in [6.07, 6.45) is 2.99. The summed E-state index contributed by atoms with van der Waals surface area (Å²) >= 11 is 0. The van der Waals surface area contributed by atoms with Crippen molar-refractivity contribution in [3.8, 4) is 0 Å². The third-order valence-electron chi connectivity index (χ3n) is 2.39. The van der Waals surface area contributed by atoms with Crippen LogP contribution in [0.5, 0.6) is 0 Å². The second kappa shape index (κ2) is 5.78. The van der Waals surface area contributed by atoms with Crippen molar-refractivity contribution < 1.29 is 0 Å². The molecule has 0 aromatic rings. The Morgan fingerprint density at radius 3 is 1.73 bits per heavy atom. The first-order valence-corrected chi connectivity index (χ1v) is 4.07. The second-order valence-electron chi connectivity index (χ2n) is 2.82. The summed E-state index contributed by atoms with van der Waals surface area (Å²) in [6.45, 7) is 10.3. The van der Waals surface area contributed by atoms with Gasteiger partial charge < -0.3 is 5.73 Å². The maximum absolute atomic E-state index is 6.05. The van der Waals surface area contributed by atoms with Crippen molar-refractivity contribution in [2.45, 2.75) is 45.6 Å². The molecule has 0 fully saturated rings. The van der Waals surface area contributed by atoms with Gasteiger partial charge in [0, 0.05) is 5.54 Å². The van der Waals surface area contributed by atoms with Crippen LogP contribution in [-0.2, 0) is 0 Å².